The lowest BCUT2D eigenvalue weighted by Crippen LogP contribution is -2.54. The molecule has 0 unspecified atom stereocenters. The monoisotopic (exact) mass is 661 g/mol. The molecule has 3 saturated heterocycles. The zero-order chi connectivity index (χ0) is 33.3. The van der Waals surface area contributed by atoms with E-state index in [1.807, 2.05) is 42.5 Å². The fourth-order valence-corrected chi connectivity index (χ4v) is 6.52. The van der Waals surface area contributed by atoms with Crippen LogP contribution >= 0.6 is 0 Å². The highest BCUT2D eigenvalue weighted by Crippen LogP contribution is 2.29. The summed E-state index contributed by atoms with van der Waals surface area (Å²) in [5.41, 5.74) is 1.48. The smallest absolute Gasteiger partial charge is 0.249 e. The first-order valence-electron chi connectivity index (χ1n) is 16.5. The number of amides is 3. The molecule has 4 heterocycles. The first-order chi connectivity index (χ1) is 23.4. The highest BCUT2D eigenvalue weighted by atomic mass is 16.5. The number of carbonyl (C=O) groups excluding carboxylic acids is 3. The molecule has 2 N–H and O–H groups in total. The van der Waals surface area contributed by atoms with Gasteiger partial charge in [0.2, 0.25) is 17.7 Å². The van der Waals surface area contributed by atoms with E-state index in [2.05, 4.69) is 20.5 Å². The molecule has 0 radical (unpaired) electrons. The van der Waals surface area contributed by atoms with Crippen LogP contribution in [0.25, 0.3) is 0 Å². The van der Waals surface area contributed by atoms with E-state index < -0.39 is 6.04 Å². The number of phenolic OH excluding ortho intramolecular Hbond substituents is 1. The number of piperidine rings is 1. The number of carbonyl (C=O) groups is 3. The zero-order valence-corrected chi connectivity index (χ0v) is 27.0. The molecule has 3 fully saturated rings. The number of hydrogen-bond acceptors (Lipinski definition) is 10. The van der Waals surface area contributed by atoms with Crippen molar-refractivity contribution in [2.24, 2.45) is 0 Å². The van der Waals surface area contributed by atoms with Gasteiger partial charge in [-0.1, -0.05) is 41.6 Å². The molecule has 48 heavy (non-hydrogen) atoms. The van der Waals surface area contributed by atoms with Gasteiger partial charge in [-0.25, -0.2) is 4.68 Å². The molecular weight excluding hydrogens is 618 g/mol. The molecule has 1 aromatic heterocycles. The summed E-state index contributed by atoms with van der Waals surface area (Å²) in [5, 5.41) is 21.7. The Morgan fingerprint density at radius 2 is 1.67 bits per heavy atom. The van der Waals surface area contributed by atoms with E-state index in [1.165, 1.54) is 0 Å². The molecule has 0 spiro atoms. The summed E-state index contributed by atoms with van der Waals surface area (Å²) in [5.74, 6) is 0.131. The molecule has 3 aliphatic heterocycles. The van der Waals surface area contributed by atoms with Crippen LogP contribution in [-0.2, 0) is 37.0 Å². The van der Waals surface area contributed by atoms with Gasteiger partial charge in [-0.15, -0.1) is 5.10 Å². The maximum Gasteiger partial charge on any atom is 0.249 e. The van der Waals surface area contributed by atoms with Gasteiger partial charge >= 0.3 is 0 Å². The minimum atomic E-state index is -0.741. The van der Waals surface area contributed by atoms with Gasteiger partial charge in [0.1, 0.15) is 43.0 Å². The maximum atomic E-state index is 14.0. The quantitative estimate of drug-likeness (QED) is 0.380. The van der Waals surface area contributed by atoms with Crippen LogP contribution in [0.4, 0.5) is 0 Å². The topological polar surface area (TPSA) is 152 Å². The summed E-state index contributed by atoms with van der Waals surface area (Å²) in [6.07, 6.45) is 3.46. The average molecular weight is 662 g/mol. The molecule has 256 valence electrons. The van der Waals surface area contributed by atoms with Crippen LogP contribution in [-0.4, -0.2) is 124 Å². The summed E-state index contributed by atoms with van der Waals surface area (Å²) < 4.78 is 18.7. The summed E-state index contributed by atoms with van der Waals surface area (Å²) in [6.45, 7) is 3.24. The second-order valence-electron chi connectivity index (χ2n) is 12.4. The minimum Gasteiger partial charge on any atom is -0.508 e. The van der Waals surface area contributed by atoms with Crippen molar-refractivity contribution in [2.75, 3.05) is 59.2 Å². The number of nitrogens with zero attached hydrogens (tertiary/aromatic N) is 6. The summed E-state index contributed by atoms with van der Waals surface area (Å²) in [4.78, 5) is 46.4. The van der Waals surface area contributed by atoms with Crippen molar-refractivity contribution >= 4 is 17.7 Å². The number of fused-ring (bicyclic) bond motifs is 1. The predicted molar refractivity (Wildman–Crippen MR) is 173 cm³/mol. The van der Waals surface area contributed by atoms with Crippen molar-refractivity contribution in [1.82, 2.24) is 35.0 Å². The second kappa shape index (κ2) is 16.0. The lowest BCUT2D eigenvalue weighted by Gasteiger charge is -2.39. The molecular formula is C34H43N7O7. The highest BCUT2D eigenvalue weighted by Gasteiger charge is 2.42. The number of para-hydroxylation sites is 2. The molecule has 0 saturated carbocycles. The minimum absolute atomic E-state index is 0.160. The van der Waals surface area contributed by atoms with Gasteiger partial charge in [-0.3, -0.25) is 19.3 Å². The number of ether oxygens (including phenoxy) is 3. The number of phenols is 1. The first kappa shape index (κ1) is 33.4. The fraction of sp³-hybridized carbons (Fsp3) is 0.500. The number of aromatic nitrogens is 3. The van der Waals surface area contributed by atoms with Crippen LogP contribution in [0.5, 0.6) is 11.5 Å². The Morgan fingerprint density at radius 1 is 0.896 bits per heavy atom. The van der Waals surface area contributed by atoms with Gasteiger partial charge < -0.3 is 34.4 Å². The zero-order valence-electron chi connectivity index (χ0n) is 27.0. The van der Waals surface area contributed by atoms with Crippen LogP contribution in [0, 0.1) is 0 Å². The van der Waals surface area contributed by atoms with Gasteiger partial charge in [0.25, 0.3) is 0 Å². The van der Waals surface area contributed by atoms with Crippen LogP contribution in [0.1, 0.15) is 36.6 Å². The lowest BCUT2D eigenvalue weighted by molar-refractivity contribution is -0.148. The number of nitrogens with one attached hydrogen (secondary N) is 1. The Labute approximate surface area is 279 Å². The summed E-state index contributed by atoms with van der Waals surface area (Å²) in [7, 11) is 0. The third kappa shape index (κ3) is 8.48. The fourth-order valence-electron chi connectivity index (χ4n) is 6.52. The molecule has 6 rings (SSSR count). The molecule has 14 nitrogen and oxygen atoms in total. The Bertz CT molecular complexity index is 1530. The molecule has 0 bridgehead atoms. The lowest BCUT2D eigenvalue weighted by atomic mass is 10.0. The summed E-state index contributed by atoms with van der Waals surface area (Å²) in [6, 6.07) is 15.5. The second-order valence-corrected chi connectivity index (χ2v) is 12.4. The van der Waals surface area contributed by atoms with E-state index in [1.54, 1.807) is 32.8 Å². The Balaban J connectivity index is 1.14. The van der Waals surface area contributed by atoms with E-state index in [4.69, 9.17) is 14.2 Å². The SMILES string of the molecule is O=C1NCCOCCOCC(=O)N(C2CCN(Cc3ccccc3O)CC2)CC(=O)N2C[C@@H](n3cc(COc4ccccc4)nn3)C[C@@H]12. The number of hydrogen-bond donors (Lipinski definition) is 2. The van der Waals surface area contributed by atoms with E-state index >= 15 is 0 Å². The first-order valence-corrected chi connectivity index (χ1v) is 16.5. The van der Waals surface area contributed by atoms with Crippen molar-refractivity contribution in [3.63, 3.8) is 0 Å². The van der Waals surface area contributed by atoms with Crippen LogP contribution < -0.4 is 10.1 Å². The standard InChI is InChI=1S/C34H43N7O7/c42-31-9-5-4-6-25(31)19-38-13-10-27(11-14-38)39-22-32(43)40-21-28(41-20-26(36-37-41)23-48-29-7-2-1-3-8-29)18-30(40)34(45)35-12-15-46-16-17-47-24-33(39)44/h1-9,20,27-28,30,42H,10-19,21-24H2,(H,35,45)/t28-,30-/m0/s1. The van der Waals surface area contributed by atoms with Crippen LogP contribution in [0.3, 0.4) is 0 Å². The number of benzene rings is 2. The third-order valence-electron chi connectivity index (χ3n) is 9.12. The van der Waals surface area contributed by atoms with E-state index in [0.717, 1.165) is 11.3 Å². The number of rotatable bonds is 7. The van der Waals surface area contributed by atoms with Crippen molar-refractivity contribution < 1.29 is 33.7 Å². The maximum absolute atomic E-state index is 14.0. The largest absolute Gasteiger partial charge is 0.508 e. The Hall–Kier alpha value is -4.53. The van der Waals surface area contributed by atoms with Crippen molar-refractivity contribution in [2.45, 2.75) is 50.5 Å². The molecule has 2 atom stereocenters. The van der Waals surface area contributed by atoms with Crippen LogP contribution in [0.15, 0.2) is 60.8 Å². The molecule has 3 aromatic rings. The predicted octanol–water partition coefficient (Wildman–Crippen LogP) is 1.36. The van der Waals surface area contributed by atoms with E-state index in [9.17, 15) is 19.5 Å². The van der Waals surface area contributed by atoms with Gasteiger partial charge in [-0.05, 0) is 31.0 Å². The third-order valence-corrected chi connectivity index (χ3v) is 9.12. The van der Waals surface area contributed by atoms with Crippen molar-refractivity contribution in [3.05, 3.63) is 72.1 Å². The number of likely N-dealkylation sites (tertiary alicyclic amines) is 1. The van der Waals surface area contributed by atoms with Gasteiger partial charge in [0, 0.05) is 50.7 Å². The van der Waals surface area contributed by atoms with Gasteiger partial charge in [-0.2, -0.15) is 0 Å². The Morgan fingerprint density at radius 3 is 2.48 bits per heavy atom. The summed E-state index contributed by atoms with van der Waals surface area (Å²) >= 11 is 0. The van der Waals surface area contributed by atoms with Crippen molar-refractivity contribution in [3.8, 4) is 11.5 Å². The molecule has 3 amide bonds. The van der Waals surface area contributed by atoms with Crippen LogP contribution in [0.2, 0.25) is 0 Å². The number of aromatic hydroxyl groups is 1. The highest BCUT2D eigenvalue weighted by molar-refractivity contribution is 5.91. The molecule has 2 aromatic carbocycles. The molecule has 3 aliphatic rings. The van der Waals surface area contributed by atoms with E-state index in [-0.39, 0.29) is 88.2 Å². The normalized spacial score (nSPS) is 22.5. The average Bonchev–Trinajstić information content (AvgIpc) is 3.77. The van der Waals surface area contributed by atoms with Gasteiger partial charge in [0.05, 0.1) is 32.1 Å². The van der Waals surface area contributed by atoms with E-state index in [0.29, 0.717) is 44.6 Å². The van der Waals surface area contributed by atoms with Gasteiger partial charge in [0.15, 0.2) is 0 Å². The molecule has 14 heteroatoms. The molecule has 0 aliphatic carbocycles. The Kier molecular flexibility index (Phi) is 11.2. The van der Waals surface area contributed by atoms with Crippen molar-refractivity contribution in [1.29, 1.82) is 0 Å².